The fraction of sp³-hybridized carbons (Fsp3) is 0.222. The highest BCUT2D eigenvalue weighted by atomic mass is 35.5. The van der Waals surface area contributed by atoms with Gasteiger partial charge in [0, 0.05) is 0 Å². The Bertz CT molecular complexity index is 324. The molecule has 4 heteroatoms. The van der Waals surface area contributed by atoms with Crippen LogP contribution in [0.4, 0.5) is 0 Å². The fourth-order valence-corrected chi connectivity index (χ4v) is 1.74. The zero-order valence-corrected chi connectivity index (χ0v) is 8.74. The van der Waals surface area contributed by atoms with Gasteiger partial charge in [-0.25, -0.2) is 0 Å². The van der Waals surface area contributed by atoms with E-state index >= 15 is 0 Å². The molecule has 0 fully saturated rings. The molecule has 0 saturated heterocycles. The Balaban J connectivity index is 3.31. The van der Waals surface area contributed by atoms with E-state index in [-0.39, 0.29) is 5.78 Å². The minimum atomic E-state index is -0.155. The predicted molar refractivity (Wildman–Crippen MR) is 53.0 cm³/mol. The molecule has 0 N–H and O–H groups in total. The SMILES string of the molecule is COc1cc(Cl)c(C(C)=O)c(Cl)c1. The van der Waals surface area contributed by atoms with Crippen molar-refractivity contribution in [2.45, 2.75) is 6.92 Å². The van der Waals surface area contributed by atoms with Gasteiger partial charge in [0.2, 0.25) is 0 Å². The molecule has 0 radical (unpaired) electrons. The summed E-state index contributed by atoms with van der Waals surface area (Å²) in [5.74, 6) is 0.387. The molecule has 0 aliphatic heterocycles. The number of halogens is 2. The zero-order valence-electron chi connectivity index (χ0n) is 7.23. The number of ether oxygens (including phenoxy) is 1. The summed E-state index contributed by atoms with van der Waals surface area (Å²) in [5, 5.41) is 0.633. The summed E-state index contributed by atoms with van der Waals surface area (Å²) in [5.41, 5.74) is 0.337. The zero-order chi connectivity index (χ0) is 10.0. The van der Waals surface area contributed by atoms with Crippen molar-refractivity contribution >= 4 is 29.0 Å². The van der Waals surface area contributed by atoms with Crippen LogP contribution < -0.4 is 4.74 Å². The predicted octanol–water partition coefficient (Wildman–Crippen LogP) is 3.20. The van der Waals surface area contributed by atoms with Crippen molar-refractivity contribution in [1.29, 1.82) is 0 Å². The first-order valence-corrected chi connectivity index (χ1v) is 4.36. The number of Topliss-reactive ketones (excluding diaryl/α,β-unsaturated/α-hetero) is 1. The minimum absolute atomic E-state index is 0.155. The van der Waals surface area contributed by atoms with Gasteiger partial charge in [0.1, 0.15) is 5.75 Å². The molecule has 2 nitrogen and oxygen atoms in total. The maximum Gasteiger partial charge on any atom is 0.162 e. The number of carbonyl (C=O) groups is 1. The molecule has 0 bridgehead atoms. The maximum atomic E-state index is 11.1. The summed E-state index contributed by atoms with van der Waals surface area (Å²) in [4.78, 5) is 11.1. The highest BCUT2D eigenvalue weighted by Crippen LogP contribution is 2.30. The number of ketones is 1. The summed E-state index contributed by atoms with van der Waals surface area (Å²) in [6.45, 7) is 1.42. The van der Waals surface area contributed by atoms with E-state index in [1.54, 1.807) is 12.1 Å². The molecule has 0 heterocycles. The standard InChI is InChI=1S/C9H8Cl2O2/c1-5(12)9-7(10)3-6(13-2)4-8(9)11/h3-4H,1-2H3. The molecule has 0 aliphatic carbocycles. The van der Waals surface area contributed by atoms with Crippen LogP contribution in [-0.4, -0.2) is 12.9 Å². The van der Waals surface area contributed by atoms with E-state index in [9.17, 15) is 4.79 Å². The summed E-state index contributed by atoms with van der Waals surface area (Å²) in [6.07, 6.45) is 0. The van der Waals surface area contributed by atoms with Crippen molar-refractivity contribution in [2.75, 3.05) is 7.11 Å². The second kappa shape index (κ2) is 3.99. The molecule has 0 aliphatic rings. The van der Waals surface area contributed by atoms with E-state index in [1.807, 2.05) is 0 Å². The Morgan fingerprint density at radius 1 is 1.31 bits per heavy atom. The van der Waals surface area contributed by atoms with Gasteiger partial charge in [-0.1, -0.05) is 23.2 Å². The van der Waals surface area contributed by atoms with E-state index in [0.717, 1.165) is 0 Å². The van der Waals surface area contributed by atoms with Gasteiger partial charge < -0.3 is 4.74 Å². The van der Waals surface area contributed by atoms with Crippen LogP contribution in [0.25, 0.3) is 0 Å². The summed E-state index contributed by atoms with van der Waals surface area (Å²) < 4.78 is 4.93. The monoisotopic (exact) mass is 218 g/mol. The molecular formula is C9H8Cl2O2. The van der Waals surface area contributed by atoms with Crippen LogP contribution in [-0.2, 0) is 0 Å². The number of hydrogen-bond acceptors (Lipinski definition) is 2. The summed E-state index contributed by atoms with van der Waals surface area (Å²) in [6, 6.07) is 3.12. The third-order valence-electron chi connectivity index (χ3n) is 1.60. The molecule has 1 rings (SSSR count). The maximum absolute atomic E-state index is 11.1. The first-order chi connectivity index (χ1) is 6.06. The number of methoxy groups -OCH3 is 1. The van der Waals surface area contributed by atoms with Gasteiger partial charge in [0.15, 0.2) is 5.78 Å². The van der Waals surface area contributed by atoms with Crippen LogP contribution in [0.3, 0.4) is 0 Å². The first kappa shape index (κ1) is 10.4. The van der Waals surface area contributed by atoms with Crippen molar-refractivity contribution in [3.05, 3.63) is 27.7 Å². The van der Waals surface area contributed by atoms with Gasteiger partial charge in [-0.15, -0.1) is 0 Å². The molecule has 0 atom stereocenters. The Morgan fingerprint density at radius 2 is 1.77 bits per heavy atom. The van der Waals surface area contributed by atoms with Crippen LogP contribution in [0.1, 0.15) is 17.3 Å². The summed E-state index contributed by atoms with van der Waals surface area (Å²) in [7, 11) is 1.51. The molecule has 0 unspecified atom stereocenters. The Morgan fingerprint density at radius 3 is 2.08 bits per heavy atom. The van der Waals surface area contributed by atoms with Crippen LogP contribution >= 0.6 is 23.2 Å². The van der Waals surface area contributed by atoms with Crippen molar-refractivity contribution in [1.82, 2.24) is 0 Å². The van der Waals surface area contributed by atoms with Crippen LogP contribution in [0, 0.1) is 0 Å². The van der Waals surface area contributed by atoms with Gasteiger partial charge in [0.25, 0.3) is 0 Å². The normalized spacial score (nSPS) is 9.85. The molecule has 0 spiro atoms. The van der Waals surface area contributed by atoms with Crippen LogP contribution in [0.15, 0.2) is 12.1 Å². The molecule has 13 heavy (non-hydrogen) atoms. The van der Waals surface area contributed by atoms with Crippen molar-refractivity contribution in [3.63, 3.8) is 0 Å². The van der Waals surface area contributed by atoms with Crippen molar-refractivity contribution in [2.24, 2.45) is 0 Å². The van der Waals surface area contributed by atoms with Gasteiger partial charge in [-0.2, -0.15) is 0 Å². The summed E-state index contributed by atoms with van der Waals surface area (Å²) >= 11 is 11.6. The molecule has 0 saturated carbocycles. The molecule has 70 valence electrons. The van der Waals surface area contributed by atoms with E-state index in [4.69, 9.17) is 27.9 Å². The van der Waals surface area contributed by atoms with Crippen LogP contribution in [0.2, 0.25) is 10.0 Å². The van der Waals surface area contributed by atoms with Crippen molar-refractivity contribution in [3.8, 4) is 5.75 Å². The topological polar surface area (TPSA) is 26.3 Å². The molecule has 0 amide bonds. The van der Waals surface area contributed by atoms with Gasteiger partial charge >= 0.3 is 0 Å². The highest BCUT2D eigenvalue weighted by molar-refractivity contribution is 6.39. The second-order valence-corrected chi connectivity index (χ2v) is 3.34. The third kappa shape index (κ3) is 2.14. The van der Waals surface area contributed by atoms with E-state index < -0.39 is 0 Å². The number of benzene rings is 1. The number of carbonyl (C=O) groups excluding carboxylic acids is 1. The lowest BCUT2D eigenvalue weighted by molar-refractivity contribution is 0.101. The fourth-order valence-electron chi connectivity index (χ4n) is 1.00. The largest absolute Gasteiger partial charge is 0.497 e. The minimum Gasteiger partial charge on any atom is -0.497 e. The van der Waals surface area contributed by atoms with E-state index in [1.165, 1.54) is 14.0 Å². The van der Waals surface area contributed by atoms with Gasteiger partial charge in [0.05, 0.1) is 22.7 Å². The number of rotatable bonds is 2. The Kier molecular flexibility index (Phi) is 3.17. The molecule has 1 aromatic carbocycles. The Labute approximate surface area is 86.4 Å². The quantitative estimate of drug-likeness (QED) is 0.714. The highest BCUT2D eigenvalue weighted by Gasteiger charge is 2.12. The first-order valence-electron chi connectivity index (χ1n) is 3.60. The number of hydrogen-bond donors (Lipinski definition) is 0. The molecule has 0 aromatic heterocycles. The Hall–Kier alpha value is -0.730. The molecular weight excluding hydrogens is 211 g/mol. The second-order valence-electron chi connectivity index (χ2n) is 2.52. The lowest BCUT2D eigenvalue weighted by Gasteiger charge is -2.05. The lowest BCUT2D eigenvalue weighted by atomic mass is 10.1. The van der Waals surface area contributed by atoms with Crippen molar-refractivity contribution < 1.29 is 9.53 Å². The molecule has 1 aromatic rings. The average molecular weight is 219 g/mol. The lowest BCUT2D eigenvalue weighted by Crippen LogP contribution is -1.95. The van der Waals surface area contributed by atoms with E-state index in [2.05, 4.69) is 0 Å². The van der Waals surface area contributed by atoms with Gasteiger partial charge in [-0.05, 0) is 19.1 Å². The third-order valence-corrected chi connectivity index (χ3v) is 2.20. The smallest absolute Gasteiger partial charge is 0.162 e. The van der Waals surface area contributed by atoms with E-state index in [0.29, 0.717) is 21.4 Å². The average Bonchev–Trinajstić information content (AvgIpc) is 2.02. The van der Waals surface area contributed by atoms with Crippen LogP contribution in [0.5, 0.6) is 5.75 Å². The van der Waals surface area contributed by atoms with Gasteiger partial charge in [-0.3, -0.25) is 4.79 Å².